The van der Waals surface area contributed by atoms with Gasteiger partial charge in [0.1, 0.15) is 10.3 Å². The summed E-state index contributed by atoms with van der Waals surface area (Å²) < 4.78 is 5.47. The van der Waals surface area contributed by atoms with Crippen LogP contribution in [0.3, 0.4) is 0 Å². The fourth-order valence-electron chi connectivity index (χ4n) is 2.16. The summed E-state index contributed by atoms with van der Waals surface area (Å²) in [6.07, 6.45) is 1.72. The average molecular weight is 346 g/mol. The lowest BCUT2D eigenvalue weighted by molar-refractivity contribution is 0.180. The van der Waals surface area contributed by atoms with Crippen molar-refractivity contribution in [3.8, 4) is 11.4 Å². The number of aromatic amines is 1. The minimum Gasteiger partial charge on any atom is -0.378 e. The van der Waals surface area contributed by atoms with Gasteiger partial charge >= 0.3 is 0 Å². The number of pyridine rings is 1. The van der Waals surface area contributed by atoms with Gasteiger partial charge < -0.3 is 9.72 Å². The van der Waals surface area contributed by atoms with Gasteiger partial charge in [-0.25, -0.2) is 4.98 Å². The normalized spacial score (nSPS) is 11.0. The predicted molar refractivity (Wildman–Crippen MR) is 84.0 cm³/mol. The minimum atomic E-state index is -0.236. The second-order valence-corrected chi connectivity index (χ2v) is 5.28. The van der Waals surface area contributed by atoms with Gasteiger partial charge in [-0.1, -0.05) is 18.2 Å². The van der Waals surface area contributed by atoms with Crippen molar-refractivity contribution < 1.29 is 4.74 Å². The average Bonchev–Trinajstić information content (AvgIpc) is 2.51. The molecule has 0 amide bonds. The number of nitrogens with one attached hydrogen (secondary N) is 1. The first-order valence-electron chi connectivity index (χ1n) is 6.32. The maximum atomic E-state index is 12.0. The van der Waals surface area contributed by atoms with Gasteiger partial charge in [-0.2, -0.15) is 0 Å². The molecule has 0 aliphatic carbocycles. The van der Waals surface area contributed by atoms with E-state index in [1.54, 1.807) is 13.3 Å². The molecular formula is C15H12BrN3O2. The molecule has 5 nitrogen and oxygen atoms in total. The fourth-order valence-corrected chi connectivity index (χ4v) is 2.46. The van der Waals surface area contributed by atoms with E-state index >= 15 is 0 Å². The van der Waals surface area contributed by atoms with Crippen molar-refractivity contribution in [2.75, 3.05) is 7.11 Å². The molecule has 1 aromatic carbocycles. The third kappa shape index (κ3) is 2.59. The van der Waals surface area contributed by atoms with Crippen molar-refractivity contribution in [3.05, 3.63) is 57.0 Å². The number of rotatable bonds is 3. The van der Waals surface area contributed by atoms with E-state index in [0.29, 0.717) is 16.0 Å². The lowest BCUT2D eigenvalue weighted by Crippen LogP contribution is -2.14. The smallest absolute Gasteiger partial charge is 0.265 e. The number of aromatic nitrogens is 3. The molecule has 2 aromatic heterocycles. The first-order valence-corrected chi connectivity index (χ1v) is 7.11. The Morgan fingerprint density at radius 3 is 2.90 bits per heavy atom. The summed E-state index contributed by atoms with van der Waals surface area (Å²) >= 11 is 3.24. The maximum Gasteiger partial charge on any atom is 0.265 e. The Morgan fingerprint density at radius 2 is 2.10 bits per heavy atom. The van der Waals surface area contributed by atoms with Crippen LogP contribution in [-0.4, -0.2) is 22.1 Å². The van der Waals surface area contributed by atoms with Crippen LogP contribution >= 0.6 is 15.9 Å². The van der Waals surface area contributed by atoms with E-state index < -0.39 is 0 Å². The maximum absolute atomic E-state index is 12.0. The Labute approximate surface area is 129 Å². The number of hydrogen-bond acceptors (Lipinski definition) is 4. The number of ether oxygens (including phenoxy) is 1. The van der Waals surface area contributed by atoms with Crippen molar-refractivity contribution in [2.45, 2.75) is 6.61 Å². The molecule has 21 heavy (non-hydrogen) atoms. The largest absolute Gasteiger partial charge is 0.378 e. The van der Waals surface area contributed by atoms with Crippen LogP contribution in [0.2, 0.25) is 0 Å². The second-order valence-electron chi connectivity index (χ2n) is 4.49. The molecule has 0 unspecified atom stereocenters. The second kappa shape index (κ2) is 5.75. The van der Waals surface area contributed by atoms with Crippen LogP contribution in [0.4, 0.5) is 0 Å². The van der Waals surface area contributed by atoms with Gasteiger partial charge in [0.25, 0.3) is 5.56 Å². The van der Waals surface area contributed by atoms with E-state index in [-0.39, 0.29) is 12.2 Å². The van der Waals surface area contributed by atoms with E-state index in [4.69, 9.17) is 4.74 Å². The highest BCUT2D eigenvalue weighted by atomic mass is 79.9. The molecule has 0 spiro atoms. The number of para-hydroxylation sites is 1. The van der Waals surface area contributed by atoms with E-state index in [0.717, 1.165) is 16.5 Å². The topological polar surface area (TPSA) is 67.9 Å². The van der Waals surface area contributed by atoms with E-state index in [1.807, 2.05) is 30.3 Å². The Bertz CT molecular complexity index is 856. The summed E-state index contributed by atoms with van der Waals surface area (Å²) in [7, 11) is 1.56. The molecular weight excluding hydrogens is 334 g/mol. The Balaban J connectivity index is 2.26. The molecule has 0 atom stereocenters. The van der Waals surface area contributed by atoms with Crippen molar-refractivity contribution in [1.29, 1.82) is 0 Å². The van der Waals surface area contributed by atoms with E-state index in [1.165, 1.54) is 0 Å². The first kappa shape index (κ1) is 13.9. The molecule has 0 fully saturated rings. The van der Waals surface area contributed by atoms with Gasteiger partial charge in [0.2, 0.25) is 0 Å². The quantitative estimate of drug-likeness (QED) is 0.792. The molecule has 3 rings (SSSR count). The van der Waals surface area contributed by atoms with E-state index in [2.05, 4.69) is 30.9 Å². The van der Waals surface area contributed by atoms with Crippen LogP contribution in [0.1, 0.15) is 5.69 Å². The number of H-pyrrole nitrogens is 1. The zero-order valence-electron chi connectivity index (χ0n) is 11.3. The van der Waals surface area contributed by atoms with Gasteiger partial charge in [0.15, 0.2) is 0 Å². The molecule has 0 radical (unpaired) electrons. The molecule has 106 valence electrons. The summed E-state index contributed by atoms with van der Waals surface area (Å²) in [6.45, 7) is 0.260. The molecule has 2 heterocycles. The Kier molecular flexibility index (Phi) is 3.81. The summed E-state index contributed by atoms with van der Waals surface area (Å²) in [5, 5.41) is 0.994. The Morgan fingerprint density at radius 1 is 1.29 bits per heavy atom. The number of benzene rings is 1. The molecule has 0 saturated heterocycles. The van der Waals surface area contributed by atoms with Crippen LogP contribution < -0.4 is 5.56 Å². The molecule has 0 aliphatic rings. The van der Waals surface area contributed by atoms with Crippen LogP contribution in [0, 0.1) is 0 Å². The zero-order chi connectivity index (χ0) is 14.8. The fraction of sp³-hybridized carbons (Fsp3) is 0.133. The SMILES string of the molecule is COCc1nc(-c2cccc3cccnc23)[nH]c(=O)c1Br. The molecule has 1 N–H and O–H groups in total. The number of halogens is 1. The van der Waals surface area contributed by atoms with Crippen molar-refractivity contribution in [3.63, 3.8) is 0 Å². The molecule has 3 aromatic rings. The highest BCUT2D eigenvalue weighted by molar-refractivity contribution is 9.10. The van der Waals surface area contributed by atoms with Crippen LogP contribution in [-0.2, 0) is 11.3 Å². The van der Waals surface area contributed by atoms with Crippen LogP contribution in [0.5, 0.6) is 0 Å². The number of nitrogens with zero attached hydrogens (tertiary/aromatic N) is 2. The minimum absolute atomic E-state index is 0.236. The molecule has 6 heteroatoms. The summed E-state index contributed by atoms with van der Waals surface area (Å²) in [4.78, 5) is 23.7. The Hall–Kier alpha value is -2.05. The standard InChI is InChI=1S/C15H12BrN3O2/c1-21-8-11-12(16)15(20)19-14(18-11)10-6-2-4-9-5-3-7-17-13(9)10/h2-7H,8H2,1H3,(H,18,19,20). The van der Waals surface area contributed by atoms with Gasteiger partial charge in [-0.3, -0.25) is 9.78 Å². The van der Waals surface area contributed by atoms with E-state index in [9.17, 15) is 4.79 Å². The van der Waals surface area contributed by atoms with Gasteiger partial charge in [0, 0.05) is 24.3 Å². The number of hydrogen-bond donors (Lipinski definition) is 1. The monoisotopic (exact) mass is 345 g/mol. The summed E-state index contributed by atoms with van der Waals surface area (Å²) in [5.74, 6) is 0.486. The molecule has 0 bridgehead atoms. The molecule has 0 saturated carbocycles. The third-order valence-corrected chi connectivity index (χ3v) is 3.92. The highest BCUT2D eigenvalue weighted by Gasteiger charge is 2.12. The van der Waals surface area contributed by atoms with Gasteiger partial charge in [-0.05, 0) is 28.1 Å². The lowest BCUT2D eigenvalue weighted by atomic mass is 10.1. The first-order chi connectivity index (χ1) is 10.2. The van der Waals surface area contributed by atoms with Crippen molar-refractivity contribution in [2.24, 2.45) is 0 Å². The molecule has 0 aliphatic heterocycles. The number of methoxy groups -OCH3 is 1. The number of fused-ring (bicyclic) bond motifs is 1. The third-order valence-electron chi connectivity index (χ3n) is 3.10. The van der Waals surface area contributed by atoms with Crippen LogP contribution in [0.25, 0.3) is 22.3 Å². The summed E-state index contributed by atoms with van der Waals surface area (Å²) in [5.41, 5.74) is 1.91. The predicted octanol–water partition coefficient (Wildman–Crippen LogP) is 2.89. The highest BCUT2D eigenvalue weighted by Crippen LogP contribution is 2.24. The van der Waals surface area contributed by atoms with Crippen LogP contribution in [0.15, 0.2) is 45.8 Å². The lowest BCUT2D eigenvalue weighted by Gasteiger charge is -2.08. The van der Waals surface area contributed by atoms with Crippen molar-refractivity contribution >= 4 is 26.8 Å². The zero-order valence-corrected chi connectivity index (χ0v) is 12.8. The van der Waals surface area contributed by atoms with Gasteiger partial charge in [0.05, 0.1) is 17.8 Å². The van der Waals surface area contributed by atoms with Crippen molar-refractivity contribution in [1.82, 2.24) is 15.0 Å². The van der Waals surface area contributed by atoms with Gasteiger partial charge in [-0.15, -0.1) is 0 Å². The summed E-state index contributed by atoms with van der Waals surface area (Å²) in [6, 6.07) is 9.62.